The van der Waals surface area contributed by atoms with E-state index >= 15 is 0 Å². The van der Waals surface area contributed by atoms with Crippen LogP contribution in [-0.4, -0.2) is 19.4 Å². The second kappa shape index (κ2) is 5.92. The standard InChI is InChI=1S/C20H28O3/c1-5-6-15-16-13-7-8-14(9-13)17(16)20(11-21,10-12(2)3)18(15)19(22)23-4/h7-8,11-14,16-17H,5-6,9-10H2,1-4H3/t13-,14+,16+,17+,20+/m1/s1. The molecule has 3 aliphatic carbocycles. The van der Waals surface area contributed by atoms with E-state index in [0.29, 0.717) is 29.2 Å². The fourth-order valence-electron chi connectivity index (χ4n) is 5.72. The van der Waals surface area contributed by atoms with Crippen molar-refractivity contribution in [1.82, 2.24) is 0 Å². The van der Waals surface area contributed by atoms with Crippen LogP contribution < -0.4 is 0 Å². The quantitative estimate of drug-likeness (QED) is 0.423. The largest absolute Gasteiger partial charge is 0.466 e. The molecule has 0 aromatic heterocycles. The topological polar surface area (TPSA) is 43.4 Å². The third-order valence-corrected chi connectivity index (χ3v) is 6.11. The molecule has 0 unspecified atom stereocenters. The highest BCUT2D eigenvalue weighted by Gasteiger charge is 2.63. The van der Waals surface area contributed by atoms with Crippen LogP contribution in [0.5, 0.6) is 0 Å². The first-order chi connectivity index (χ1) is 11.0. The minimum absolute atomic E-state index is 0.257. The van der Waals surface area contributed by atoms with Crippen LogP contribution in [0.2, 0.25) is 0 Å². The van der Waals surface area contributed by atoms with Crippen molar-refractivity contribution >= 4 is 12.3 Å². The summed E-state index contributed by atoms with van der Waals surface area (Å²) in [5.41, 5.74) is 1.27. The van der Waals surface area contributed by atoms with Crippen LogP contribution in [0, 0.1) is 35.0 Å². The maximum Gasteiger partial charge on any atom is 0.334 e. The van der Waals surface area contributed by atoms with Gasteiger partial charge in [0.05, 0.1) is 18.1 Å². The summed E-state index contributed by atoms with van der Waals surface area (Å²) in [6.07, 6.45) is 9.47. The zero-order chi connectivity index (χ0) is 16.8. The Hall–Kier alpha value is -1.38. The maximum atomic E-state index is 12.7. The van der Waals surface area contributed by atoms with Crippen molar-refractivity contribution in [2.24, 2.45) is 35.0 Å². The van der Waals surface area contributed by atoms with Crippen molar-refractivity contribution in [2.45, 2.75) is 46.5 Å². The molecular formula is C20H28O3. The van der Waals surface area contributed by atoms with Crippen LogP contribution >= 0.6 is 0 Å². The smallest absolute Gasteiger partial charge is 0.334 e. The zero-order valence-electron chi connectivity index (χ0n) is 14.7. The molecule has 1 fully saturated rings. The lowest BCUT2D eigenvalue weighted by molar-refractivity contribution is -0.139. The summed E-state index contributed by atoms with van der Waals surface area (Å²) in [6.45, 7) is 6.41. The van der Waals surface area contributed by atoms with Crippen LogP contribution in [0.4, 0.5) is 0 Å². The molecule has 3 rings (SSSR count). The van der Waals surface area contributed by atoms with E-state index in [0.717, 1.165) is 32.0 Å². The zero-order valence-corrected chi connectivity index (χ0v) is 14.7. The molecule has 126 valence electrons. The number of hydrogen-bond acceptors (Lipinski definition) is 3. The Labute approximate surface area is 139 Å². The maximum absolute atomic E-state index is 12.7. The van der Waals surface area contributed by atoms with Crippen molar-refractivity contribution in [3.63, 3.8) is 0 Å². The van der Waals surface area contributed by atoms with Crippen LogP contribution in [-0.2, 0) is 14.3 Å². The number of esters is 1. The summed E-state index contributed by atoms with van der Waals surface area (Å²) < 4.78 is 5.13. The Morgan fingerprint density at radius 3 is 2.65 bits per heavy atom. The normalized spacial score (nSPS) is 37.6. The average Bonchev–Trinajstić information content (AvgIpc) is 3.19. The molecule has 1 saturated carbocycles. The molecule has 0 aromatic rings. The molecule has 23 heavy (non-hydrogen) atoms. The number of methoxy groups -OCH3 is 1. The van der Waals surface area contributed by atoms with Gasteiger partial charge in [-0.25, -0.2) is 4.79 Å². The number of rotatable bonds is 6. The molecule has 0 aliphatic heterocycles. The Morgan fingerprint density at radius 1 is 1.39 bits per heavy atom. The van der Waals surface area contributed by atoms with E-state index in [1.165, 1.54) is 12.7 Å². The number of carbonyl (C=O) groups excluding carboxylic acids is 2. The van der Waals surface area contributed by atoms with Crippen molar-refractivity contribution in [3.8, 4) is 0 Å². The van der Waals surface area contributed by atoms with Crippen molar-refractivity contribution < 1.29 is 14.3 Å². The number of carbonyl (C=O) groups is 2. The third-order valence-electron chi connectivity index (χ3n) is 6.11. The van der Waals surface area contributed by atoms with E-state index in [-0.39, 0.29) is 11.9 Å². The highest BCUT2D eigenvalue weighted by Crippen LogP contribution is 2.66. The molecule has 0 spiro atoms. The average molecular weight is 316 g/mol. The Morgan fingerprint density at radius 2 is 2.09 bits per heavy atom. The summed E-state index contributed by atoms with van der Waals surface area (Å²) in [7, 11) is 1.44. The SMILES string of the molecule is CCCC1=C(C(=O)OC)[C@](C=O)(CC(C)C)[C@@H]2[C@H]1[C@@H]1C=C[C@H]2C1. The molecule has 5 atom stereocenters. The molecule has 3 heteroatoms. The van der Waals surface area contributed by atoms with Gasteiger partial charge < -0.3 is 9.53 Å². The summed E-state index contributed by atoms with van der Waals surface area (Å²) >= 11 is 0. The predicted octanol–water partition coefficient (Wildman–Crippen LogP) is 3.94. The van der Waals surface area contributed by atoms with Gasteiger partial charge in [-0.1, -0.05) is 44.9 Å². The van der Waals surface area contributed by atoms with Crippen molar-refractivity contribution in [1.29, 1.82) is 0 Å². The fourth-order valence-corrected chi connectivity index (χ4v) is 5.72. The molecule has 0 N–H and O–H groups in total. The van der Waals surface area contributed by atoms with Gasteiger partial charge >= 0.3 is 5.97 Å². The molecule has 0 radical (unpaired) electrons. The summed E-state index contributed by atoms with van der Waals surface area (Å²) in [4.78, 5) is 25.1. The summed E-state index contributed by atoms with van der Waals surface area (Å²) in [5, 5.41) is 0. The van der Waals surface area contributed by atoms with E-state index in [2.05, 4.69) is 32.9 Å². The second-order valence-electron chi connectivity index (χ2n) is 7.90. The fraction of sp³-hybridized carbons (Fsp3) is 0.700. The molecule has 3 nitrogen and oxygen atoms in total. The lowest BCUT2D eigenvalue weighted by Crippen LogP contribution is -2.39. The highest BCUT2D eigenvalue weighted by molar-refractivity contribution is 5.97. The number of aldehydes is 1. The van der Waals surface area contributed by atoms with E-state index in [1.807, 2.05) is 0 Å². The molecular weight excluding hydrogens is 288 g/mol. The Bertz CT molecular complexity index is 571. The molecule has 0 saturated heterocycles. The van der Waals surface area contributed by atoms with Gasteiger partial charge in [0, 0.05) is 0 Å². The second-order valence-corrected chi connectivity index (χ2v) is 7.90. The van der Waals surface area contributed by atoms with Gasteiger partial charge in [-0.3, -0.25) is 0 Å². The van der Waals surface area contributed by atoms with Crippen LogP contribution in [0.1, 0.15) is 46.5 Å². The number of hydrogen-bond donors (Lipinski definition) is 0. The van der Waals surface area contributed by atoms with Gasteiger partial charge in [-0.05, 0) is 48.9 Å². The van der Waals surface area contributed by atoms with Gasteiger partial charge in [0.25, 0.3) is 0 Å². The molecule has 0 heterocycles. The first kappa shape index (κ1) is 16.5. The predicted molar refractivity (Wildman–Crippen MR) is 89.6 cm³/mol. The minimum Gasteiger partial charge on any atom is -0.466 e. The first-order valence-electron chi connectivity index (χ1n) is 8.96. The molecule has 2 bridgehead atoms. The number of allylic oxidation sites excluding steroid dienone is 3. The van der Waals surface area contributed by atoms with Crippen LogP contribution in [0.25, 0.3) is 0 Å². The monoisotopic (exact) mass is 316 g/mol. The van der Waals surface area contributed by atoms with Crippen LogP contribution in [0.15, 0.2) is 23.3 Å². The molecule has 3 aliphatic rings. The van der Waals surface area contributed by atoms with E-state index < -0.39 is 5.41 Å². The van der Waals surface area contributed by atoms with Gasteiger partial charge in [-0.2, -0.15) is 0 Å². The van der Waals surface area contributed by atoms with Gasteiger partial charge in [0.15, 0.2) is 0 Å². The van der Waals surface area contributed by atoms with Crippen molar-refractivity contribution in [2.75, 3.05) is 7.11 Å². The Kier molecular flexibility index (Phi) is 4.24. The van der Waals surface area contributed by atoms with Gasteiger partial charge in [-0.15, -0.1) is 0 Å². The number of ether oxygens (including phenoxy) is 1. The Balaban J connectivity index is 2.18. The van der Waals surface area contributed by atoms with E-state index in [1.54, 1.807) is 0 Å². The molecule has 0 aromatic carbocycles. The van der Waals surface area contributed by atoms with E-state index in [9.17, 15) is 9.59 Å². The summed E-state index contributed by atoms with van der Waals surface area (Å²) in [6, 6.07) is 0. The van der Waals surface area contributed by atoms with Crippen molar-refractivity contribution in [3.05, 3.63) is 23.3 Å². The van der Waals surface area contributed by atoms with E-state index in [4.69, 9.17) is 4.74 Å². The first-order valence-corrected chi connectivity index (χ1v) is 8.96. The summed E-state index contributed by atoms with van der Waals surface area (Å²) in [5.74, 6) is 1.64. The highest BCUT2D eigenvalue weighted by atomic mass is 16.5. The molecule has 0 amide bonds. The lowest BCUT2D eigenvalue weighted by Gasteiger charge is -2.37. The third kappa shape index (κ3) is 2.23. The van der Waals surface area contributed by atoms with Gasteiger partial charge in [0.2, 0.25) is 0 Å². The van der Waals surface area contributed by atoms with Gasteiger partial charge in [0.1, 0.15) is 6.29 Å². The minimum atomic E-state index is -0.652. The number of fused-ring (bicyclic) bond motifs is 5. The van der Waals surface area contributed by atoms with Crippen LogP contribution in [0.3, 0.4) is 0 Å². The lowest BCUT2D eigenvalue weighted by atomic mass is 9.64.